The molecule has 0 aromatic heterocycles. The minimum Gasteiger partial charge on any atom is -0.396 e. The summed E-state index contributed by atoms with van der Waals surface area (Å²) in [6, 6.07) is 0. The number of hydrogen-bond donors (Lipinski definition) is 2. The minimum absolute atomic E-state index is 0.131. The predicted molar refractivity (Wildman–Crippen MR) is 76.5 cm³/mol. The van der Waals surface area contributed by atoms with Crippen molar-refractivity contribution < 1.29 is 9.90 Å². The first-order valence-corrected chi connectivity index (χ1v) is 6.85. The molecule has 2 N–H and O–H groups in total. The Morgan fingerprint density at radius 3 is 2.67 bits per heavy atom. The van der Waals surface area contributed by atoms with Crippen LogP contribution >= 0.6 is 11.6 Å². The zero-order chi connectivity index (χ0) is 14.1. The van der Waals surface area contributed by atoms with E-state index in [1.165, 1.54) is 5.57 Å². The first-order valence-electron chi connectivity index (χ1n) is 6.48. The van der Waals surface area contributed by atoms with Crippen molar-refractivity contribution in [1.82, 2.24) is 5.32 Å². The van der Waals surface area contributed by atoms with Gasteiger partial charge in [-0.15, -0.1) is 0 Å². The fourth-order valence-electron chi connectivity index (χ4n) is 1.50. The van der Waals surface area contributed by atoms with Gasteiger partial charge in [0, 0.05) is 11.6 Å². The van der Waals surface area contributed by atoms with E-state index in [1.807, 2.05) is 19.9 Å². The van der Waals surface area contributed by atoms with Crippen LogP contribution < -0.4 is 5.32 Å². The maximum Gasteiger partial charge on any atom is 0.225 e. The molecule has 1 rings (SSSR count). The van der Waals surface area contributed by atoms with E-state index in [9.17, 15) is 4.79 Å². The highest BCUT2D eigenvalue weighted by molar-refractivity contribution is 6.30. The standard InChI is InChI=1S/C12H18ClNO2.C2H6/c1-8-3-4-11(13)10(5-8)6-14-12(16)9(2)7-15;1-2/h5,9,15H,3-4,6-7H2,1-2H3,(H,14,16);1-2H3. The second-order valence-corrected chi connectivity index (χ2v) is 4.68. The minimum atomic E-state index is -0.368. The van der Waals surface area contributed by atoms with Gasteiger partial charge in [-0.25, -0.2) is 0 Å². The largest absolute Gasteiger partial charge is 0.396 e. The van der Waals surface area contributed by atoms with Gasteiger partial charge in [-0.05, 0) is 25.3 Å². The Kier molecular flexibility index (Phi) is 8.77. The highest BCUT2D eigenvalue weighted by atomic mass is 35.5. The van der Waals surface area contributed by atoms with Crippen molar-refractivity contribution >= 4 is 17.5 Å². The Hall–Kier alpha value is -0.800. The number of carbonyl (C=O) groups excluding carboxylic acids is 1. The summed E-state index contributed by atoms with van der Waals surface area (Å²) < 4.78 is 0. The van der Waals surface area contributed by atoms with Crippen LogP contribution in [0.3, 0.4) is 0 Å². The number of nitrogens with one attached hydrogen (secondary N) is 1. The quantitative estimate of drug-likeness (QED) is 0.827. The van der Waals surface area contributed by atoms with Gasteiger partial charge in [-0.2, -0.15) is 0 Å². The summed E-state index contributed by atoms with van der Waals surface area (Å²) in [6.07, 6.45) is 3.86. The lowest BCUT2D eigenvalue weighted by atomic mass is 10.0. The summed E-state index contributed by atoms with van der Waals surface area (Å²) >= 11 is 6.08. The number of allylic oxidation sites excluding steroid dienone is 2. The summed E-state index contributed by atoms with van der Waals surface area (Å²) in [5, 5.41) is 12.4. The van der Waals surface area contributed by atoms with E-state index in [-0.39, 0.29) is 18.4 Å². The van der Waals surface area contributed by atoms with Gasteiger partial charge in [0.05, 0.1) is 12.5 Å². The van der Waals surface area contributed by atoms with Gasteiger partial charge < -0.3 is 10.4 Å². The van der Waals surface area contributed by atoms with Crippen molar-refractivity contribution in [1.29, 1.82) is 0 Å². The van der Waals surface area contributed by atoms with Crippen LogP contribution in [0.25, 0.3) is 0 Å². The maximum absolute atomic E-state index is 11.4. The average molecular weight is 274 g/mol. The summed E-state index contributed by atoms with van der Waals surface area (Å²) in [4.78, 5) is 11.4. The molecule has 1 aliphatic carbocycles. The van der Waals surface area contributed by atoms with Crippen LogP contribution in [-0.4, -0.2) is 24.2 Å². The average Bonchev–Trinajstić information content (AvgIpc) is 2.40. The van der Waals surface area contributed by atoms with Gasteiger partial charge in [0.25, 0.3) is 0 Å². The molecule has 4 heteroatoms. The second-order valence-electron chi connectivity index (χ2n) is 4.22. The maximum atomic E-state index is 11.4. The zero-order valence-corrected chi connectivity index (χ0v) is 12.5. The Balaban J connectivity index is 0.00000137. The third-order valence-electron chi connectivity index (χ3n) is 2.68. The third-order valence-corrected chi connectivity index (χ3v) is 3.11. The molecular weight excluding hydrogens is 250 g/mol. The summed E-state index contributed by atoms with van der Waals surface area (Å²) in [5.74, 6) is -0.510. The number of aliphatic hydroxyl groups is 1. The molecule has 1 atom stereocenters. The van der Waals surface area contributed by atoms with Crippen LogP contribution in [0.4, 0.5) is 0 Å². The van der Waals surface area contributed by atoms with Crippen molar-refractivity contribution in [2.75, 3.05) is 13.2 Å². The van der Waals surface area contributed by atoms with Crippen molar-refractivity contribution in [2.45, 2.75) is 40.5 Å². The van der Waals surface area contributed by atoms with E-state index in [4.69, 9.17) is 16.7 Å². The molecule has 0 saturated heterocycles. The predicted octanol–water partition coefficient (Wildman–Crippen LogP) is 2.99. The highest BCUT2D eigenvalue weighted by Crippen LogP contribution is 2.25. The molecule has 0 fully saturated rings. The van der Waals surface area contributed by atoms with Gasteiger partial charge in [0.1, 0.15) is 0 Å². The molecule has 1 aliphatic rings. The molecule has 0 radical (unpaired) electrons. The van der Waals surface area contributed by atoms with Gasteiger partial charge >= 0.3 is 0 Å². The zero-order valence-electron chi connectivity index (χ0n) is 11.7. The number of aliphatic hydroxyl groups excluding tert-OH is 1. The molecule has 0 aromatic rings. The fourth-order valence-corrected chi connectivity index (χ4v) is 1.72. The molecule has 1 amide bonds. The molecule has 3 nitrogen and oxygen atoms in total. The second kappa shape index (κ2) is 9.17. The van der Waals surface area contributed by atoms with E-state index in [1.54, 1.807) is 6.92 Å². The molecule has 0 saturated carbocycles. The molecule has 0 heterocycles. The van der Waals surface area contributed by atoms with Gasteiger partial charge in [-0.1, -0.05) is 44.0 Å². The Morgan fingerprint density at radius 2 is 2.11 bits per heavy atom. The molecule has 0 aliphatic heterocycles. The van der Waals surface area contributed by atoms with Crippen LogP contribution in [0.2, 0.25) is 0 Å². The van der Waals surface area contributed by atoms with Crippen molar-refractivity contribution in [3.63, 3.8) is 0 Å². The summed E-state index contributed by atoms with van der Waals surface area (Å²) in [7, 11) is 0. The lowest BCUT2D eigenvalue weighted by Gasteiger charge is -2.16. The molecule has 104 valence electrons. The van der Waals surface area contributed by atoms with Crippen LogP contribution in [0.5, 0.6) is 0 Å². The Morgan fingerprint density at radius 1 is 1.50 bits per heavy atom. The Bertz CT molecular complexity index is 335. The van der Waals surface area contributed by atoms with Crippen LogP contribution in [0.1, 0.15) is 40.5 Å². The van der Waals surface area contributed by atoms with E-state index in [0.29, 0.717) is 6.54 Å². The smallest absolute Gasteiger partial charge is 0.225 e. The first kappa shape index (κ1) is 17.2. The lowest BCUT2D eigenvalue weighted by molar-refractivity contribution is -0.125. The molecule has 18 heavy (non-hydrogen) atoms. The van der Waals surface area contributed by atoms with Gasteiger partial charge in [-0.3, -0.25) is 4.79 Å². The van der Waals surface area contributed by atoms with E-state index in [2.05, 4.69) is 12.2 Å². The molecule has 0 spiro atoms. The van der Waals surface area contributed by atoms with E-state index < -0.39 is 0 Å². The SMILES string of the molecule is CC.CC1=CC(CNC(=O)C(C)CO)=C(Cl)CC1. The van der Waals surface area contributed by atoms with E-state index in [0.717, 1.165) is 23.4 Å². The fraction of sp³-hybridized carbons (Fsp3) is 0.643. The molecule has 0 bridgehead atoms. The highest BCUT2D eigenvalue weighted by Gasteiger charge is 2.13. The number of halogens is 1. The van der Waals surface area contributed by atoms with Crippen LogP contribution in [0, 0.1) is 5.92 Å². The van der Waals surface area contributed by atoms with Crippen molar-refractivity contribution in [3.8, 4) is 0 Å². The first-order chi connectivity index (χ1) is 8.54. The van der Waals surface area contributed by atoms with Crippen LogP contribution in [-0.2, 0) is 4.79 Å². The van der Waals surface area contributed by atoms with Gasteiger partial charge in [0.2, 0.25) is 5.91 Å². The monoisotopic (exact) mass is 273 g/mol. The third kappa shape index (κ3) is 5.69. The van der Waals surface area contributed by atoms with E-state index >= 15 is 0 Å². The number of amides is 1. The van der Waals surface area contributed by atoms with Crippen molar-refractivity contribution in [2.24, 2.45) is 5.92 Å². The summed E-state index contributed by atoms with van der Waals surface area (Å²) in [6.45, 7) is 8.06. The van der Waals surface area contributed by atoms with Crippen molar-refractivity contribution in [3.05, 3.63) is 22.3 Å². The summed E-state index contributed by atoms with van der Waals surface area (Å²) in [5.41, 5.74) is 2.26. The number of hydrogen-bond acceptors (Lipinski definition) is 2. The van der Waals surface area contributed by atoms with Gasteiger partial charge in [0.15, 0.2) is 0 Å². The Labute approximate surface area is 115 Å². The molecular formula is C14H24ClNO2. The topological polar surface area (TPSA) is 49.3 Å². The number of carbonyl (C=O) groups is 1. The molecule has 0 aromatic carbocycles. The van der Waals surface area contributed by atoms with Crippen LogP contribution in [0.15, 0.2) is 22.3 Å². The normalized spacial score (nSPS) is 16.4. The lowest BCUT2D eigenvalue weighted by Crippen LogP contribution is -2.32. The number of rotatable bonds is 4. The molecule has 1 unspecified atom stereocenters.